The average molecular weight is 269 g/mol. The molecule has 2 heterocycles. The van der Waals surface area contributed by atoms with Crippen LogP contribution in [0.15, 0.2) is 10.3 Å². The maximum atomic E-state index is 8.44. The number of fused-ring (bicyclic) bond motifs is 1. The molecular formula is C11H19N5OS. The van der Waals surface area contributed by atoms with Gasteiger partial charge in [-0.2, -0.15) is 0 Å². The van der Waals surface area contributed by atoms with E-state index in [4.69, 9.17) is 10.9 Å². The number of nitrogens with two attached hydrogens (primary N) is 1. The molecule has 1 aliphatic heterocycles. The smallest absolute Gasteiger partial charge is 0.191 e. The molecule has 0 amide bonds. The number of oxime groups is 1. The van der Waals surface area contributed by atoms with Crippen LogP contribution in [-0.4, -0.2) is 31.6 Å². The fraction of sp³-hybridized carbons (Fsp3) is 0.727. The molecule has 0 unspecified atom stereocenters. The molecule has 2 rings (SSSR count). The Bertz CT molecular complexity index is 418. The fourth-order valence-electron chi connectivity index (χ4n) is 2.03. The molecule has 7 heteroatoms. The number of nitrogens with zero attached hydrogens (tertiary/aromatic N) is 4. The highest BCUT2D eigenvalue weighted by Gasteiger charge is 2.14. The van der Waals surface area contributed by atoms with Crippen LogP contribution in [0, 0.1) is 0 Å². The molecule has 0 atom stereocenters. The van der Waals surface area contributed by atoms with Gasteiger partial charge in [0.1, 0.15) is 11.7 Å². The first-order valence-corrected chi connectivity index (χ1v) is 7.31. The topological polar surface area (TPSA) is 89.3 Å². The highest BCUT2D eigenvalue weighted by atomic mass is 32.2. The van der Waals surface area contributed by atoms with Crippen molar-refractivity contribution in [3.8, 4) is 0 Å². The van der Waals surface area contributed by atoms with Crippen molar-refractivity contribution in [2.45, 2.75) is 50.2 Å². The minimum atomic E-state index is 0.288. The average Bonchev–Trinajstić information content (AvgIpc) is 2.62. The van der Waals surface area contributed by atoms with E-state index in [2.05, 4.69) is 19.9 Å². The largest absolute Gasteiger partial charge is 0.409 e. The molecule has 0 radical (unpaired) electrons. The minimum absolute atomic E-state index is 0.288. The van der Waals surface area contributed by atoms with E-state index < -0.39 is 0 Å². The predicted octanol–water partition coefficient (Wildman–Crippen LogP) is 1.62. The van der Waals surface area contributed by atoms with Crippen LogP contribution in [0.1, 0.15) is 37.9 Å². The summed E-state index contributed by atoms with van der Waals surface area (Å²) in [6, 6.07) is 0. The first-order chi connectivity index (χ1) is 8.81. The van der Waals surface area contributed by atoms with Crippen molar-refractivity contribution >= 4 is 17.6 Å². The molecule has 0 aliphatic carbocycles. The third kappa shape index (κ3) is 3.38. The van der Waals surface area contributed by atoms with Gasteiger partial charge in [0.25, 0.3) is 0 Å². The van der Waals surface area contributed by atoms with Gasteiger partial charge in [-0.25, -0.2) is 0 Å². The van der Waals surface area contributed by atoms with Crippen molar-refractivity contribution in [1.82, 2.24) is 14.8 Å². The molecule has 18 heavy (non-hydrogen) atoms. The summed E-state index contributed by atoms with van der Waals surface area (Å²) in [7, 11) is 0. The summed E-state index contributed by atoms with van der Waals surface area (Å²) < 4.78 is 2.24. The van der Waals surface area contributed by atoms with E-state index in [0.717, 1.165) is 36.1 Å². The Morgan fingerprint density at radius 1 is 1.39 bits per heavy atom. The van der Waals surface area contributed by atoms with Gasteiger partial charge in [-0.15, -0.1) is 10.2 Å². The normalized spacial score (nSPS) is 16.3. The summed E-state index contributed by atoms with van der Waals surface area (Å²) in [6.07, 6.45) is 6.23. The molecule has 1 aromatic heterocycles. The minimum Gasteiger partial charge on any atom is -0.409 e. The van der Waals surface area contributed by atoms with E-state index in [1.807, 2.05) is 0 Å². The molecule has 0 bridgehead atoms. The molecule has 0 aromatic carbocycles. The zero-order valence-electron chi connectivity index (χ0n) is 10.4. The Morgan fingerprint density at radius 2 is 2.28 bits per heavy atom. The Balaban J connectivity index is 1.84. The maximum Gasteiger partial charge on any atom is 0.191 e. The van der Waals surface area contributed by atoms with E-state index in [0.29, 0.717) is 6.42 Å². The van der Waals surface area contributed by atoms with Crippen LogP contribution in [0.25, 0.3) is 0 Å². The van der Waals surface area contributed by atoms with Crippen molar-refractivity contribution < 1.29 is 5.21 Å². The van der Waals surface area contributed by atoms with Crippen LogP contribution >= 0.6 is 11.8 Å². The van der Waals surface area contributed by atoms with Gasteiger partial charge >= 0.3 is 0 Å². The highest BCUT2D eigenvalue weighted by molar-refractivity contribution is 7.99. The second-order valence-electron chi connectivity index (χ2n) is 4.40. The lowest BCUT2D eigenvalue weighted by Gasteiger charge is -2.05. The monoisotopic (exact) mass is 269 g/mol. The molecule has 3 N–H and O–H groups in total. The number of hydrogen-bond donors (Lipinski definition) is 2. The predicted molar refractivity (Wildman–Crippen MR) is 70.9 cm³/mol. The first-order valence-electron chi connectivity index (χ1n) is 6.32. The van der Waals surface area contributed by atoms with Crippen LogP contribution in [0.5, 0.6) is 0 Å². The lowest BCUT2D eigenvalue weighted by molar-refractivity contribution is 0.317. The van der Waals surface area contributed by atoms with Gasteiger partial charge in [0.15, 0.2) is 5.16 Å². The lowest BCUT2D eigenvalue weighted by Crippen LogP contribution is -2.11. The van der Waals surface area contributed by atoms with Gasteiger partial charge in [-0.3, -0.25) is 0 Å². The second kappa shape index (κ2) is 6.63. The quantitative estimate of drug-likeness (QED) is 0.212. The molecule has 0 fully saturated rings. The third-order valence-electron chi connectivity index (χ3n) is 3.01. The van der Waals surface area contributed by atoms with E-state index in [1.165, 1.54) is 19.3 Å². The summed E-state index contributed by atoms with van der Waals surface area (Å²) in [5.74, 6) is 2.32. The number of thioether (sulfide) groups is 1. The standard InChI is InChI=1S/C11H19N5OS/c12-9(15-17)5-4-8-18-11-14-13-10-6-2-1-3-7-16(10)11/h17H,1-8H2,(H2,12,15). The van der Waals surface area contributed by atoms with E-state index in [1.54, 1.807) is 11.8 Å². The van der Waals surface area contributed by atoms with Gasteiger partial charge in [-0.05, 0) is 19.3 Å². The van der Waals surface area contributed by atoms with Crippen LogP contribution in [0.4, 0.5) is 0 Å². The van der Waals surface area contributed by atoms with Crippen LogP contribution in [0.3, 0.4) is 0 Å². The van der Waals surface area contributed by atoms with Gasteiger partial charge in [-0.1, -0.05) is 23.3 Å². The number of aromatic nitrogens is 3. The summed E-state index contributed by atoms with van der Waals surface area (Å²) in [5, 5.41) is 20.9. The molecule has 100 valence electrons. The Morgan fingerprint density at radius 3 is 3.11 bits per heavy atom. The number of hydrogen-bond acceptors (Lipinski definition) is 5. The summed E-state index contributed by atoms with van der Waals surface area (Å²) in [4.78, 5) is 0. The van der Waals surface area contributed by atoms with E-state index in [9.17, 15) is 0 Å². The number of amidine groups is 1. The van der Waals surface area contributed by atoms with E-state index >= 15 is 0 Å². The summed E-state index contributed by atoms with van der Waals surface area (Å²) in [6.45, 7) is 1.03. The van der Waals surface area contributed by atoms with Crippen LogP contribution < -0.4 is 5.73 Å². The molecular weight excluding hydrogens is 250 g/mol. The Labute approximate surface area is 111 Å². The van der Waals surface area contributed by atoms with Gasteiger partial charge in [0, 0.05) is 25.1 Å². The van der Waals surface area contributed by atoms with Crippen molar-refractivity contribution in [2.24, 2.45) is 10.9 Å². The number of rotatable bonds is 5. The fourth-order valence-corrected chi connectivity index (χ4v) is 2.95. The molecule has 1 aromatic rings. The molecule has 6 nitrogen and oxygen atoms in total. The summed E-state index contributed by atoms with van der Waals surface area (Å²) in [5.41, 5.74) is 5.42. The van der Waals surface area contributed by atoms with Gasteiger partial charge in [0.2, 0.25) is 0 Å². The van der Waals surface area contributed by atoms with Crippen molar-refractivity contribution in [3.05, 3.63) is 5.82 Å². The zero-order valence-corrected chi connectivity index (χ0v) is 11.2. The second-order valence-corrected chi connectivity index (χ2v) is 5.47. The van der Waals surface area contributed by atoms with Crippen molar-refractivity contribution in [1.29, 1.82) is 0 Å². The molecule has 1 aliphatic rings. The van der Waals surface area contributed by atoms with Crippen molar-refractivity contribution in [3.63, 3.8) is 0 Å². The molecule has 0 spiro atoms. The Hall–Kier alpha value is -1.24. The Kier molecular flexibility index (Phi) is 4.86. The third-order valence-corrected chi connectivity index (χ3v) is 4.07. The lowest BCUT2D eigenvalue weighted by atomic mass is 10.2. The molecule has 0 saturated heterocycles. The first kappa shape index (κ1) is 13.2. The summed E-state index contributed by atoms with van der Waals surface area (Å²) >= 11 is 1.70. The van der Waals surface area contributed by atoms with Crippen molar-refractivity contribution in [2.75, 3.05) is 5.75 Å². The highest BCUT2D eigenvalue weighted by Crippen LogP contribution is 2.22. The SMILES string of the molecule is N/C(CCCSc1nnc2n1CCCCC2)=N\O. The molecule has 0 saturated carbocycles. The van der Waals surface area contributed by atoms with E-state index in [-0.39, 0.29) is 5.84 Å². The zero-order chi connectivity index (χ0) is 12.8. The van der Waals surface area contributed by atoms with Gasteiger partial charge in [0.05, 0.1) is 0 Å². The number of aryl methyl sites for hydroxylation is 1. The van der Waals surface area contributed by atoms with Crippen LogP contribution in [-0.2, 0) is 13.0 Å². The maximum absolute atomic E-state index is 8.44. The van der Waals surface area contributed by atoms with Crippen LogP contribution in [0.2, 0.25) is 0 Å². The van der Waals surface area contributed by atoms with Gasteiger partial charge < -0.3 is 15.5 Å².